The fourth-order valence-electron chi connectivity index (χ4n) is 3.85. The minimum absolute atomic E-state index is 0.00588. The molecule has 8 heteroatoms. The Morgan fingerprint density at radius 1 is 1.18 bits per heavy atom. The molecule has 1 aliphatic heterocycles. The van der Waals surface area contributed by atoms with Gasteiger partial charge in [-0.2, -0.15) is 0 Å². The average Bonchev–Trinajstić information content (AvgIpc) is 3.19. The first kappa shape index (κ1) is 20.5. The number of amides is 1. The van der Waals surface area contributed by atoms with Gasteiger partial charge in [0.2, 0.25) is 0 Å². The summed E-state index contributed by atoms with van der Waals surface area (Å²) in [6.07, 6.45) is 0.782. The summed E-state index contributed by atoms with van der Waals surface area (Å²) in [5, 5.41) is 0.479. The largest absolute Gasteiger partial charge is 0.448 e. The number of aryl methyl sites for hydroxylation is 2. The molecule has 3 rings (SSSR count). The number of fused-ring (bicyclic) bond motifs is 2. The summed E-state index contributed by atoms with van der Waals surface area (Å²) in [6.45, 7) is 11.7. The number of carbonyl (C=O) groups is 2. The Bertz CT molecular complexity index is 981. The van der Waals surface area contributed by atoms with Crippen LogP contribution >= 0.6 is 11.3 Å². The Morgan fingerprint density at radius 3 is 2.43 bits per heavy atom. The fraction of sp³-hybridized carbons (Fsp3) is 0.600. The van der Waals surface area contributed by atoms with Gasteiger partial charge in [-0.05, 0) is 53.5 Å². The van der Waals surface area contributed by atoms with Crippen LogP contribution in [0.25, 0.3) is 10.2 Å². The smallest absolute Gasteiger partial charge is 0.349 e. The molecule has 28 heavy (non-hydrogen) atoms. The van der Waals surface area contributed by atoms with E-state index in [2.05, 4.69) is 4.98 Å². The molecule has 0 aromatic carbocycles. The number of thiophene rings is 1. The lowest BCUT2D eigenvalue weighted by Gasteiger charge is -2.32. The zero-order chi connectivity index (χ0) is 20.7. The van der Waals surface area contributed by atoms with Crippen LogP contribution in [0.3, 0.4) is 0 Å². The van der Waals surface area contributed by atoms with Crippen LogP contribution in [0.4, 0.5) is 0 Å². The highest BCUT2D eigenvalue weighted by Gasteiger charge is 2.30. The maximum Gasteiger partial charge on any atom is 0.349 e. The van der Waals surface area contributed by atoms with E-state index < -0.39 is 12.1 Å². The third kappa shape index (κ3) is 3.45. The van der Waals surface area contributed by atoms with Gasteiger partial charge in [0, 0.05) is 25.0 Å². The van der Waals surface area contributed by atoms with Crippen molar-refractivity contribution in [1.29, 1.82) is 0 Å². The minimum atomic E-state index is -0.902. The molecule has 2 aromatic heterocycles. The molecule has 0 saturated heterocycles. The molecular weight excluding hydrogens is 378 g/mol. The molecule has 1 aliphatic rings. The lowest BCUT2D eigenvalue weighted by molar-refractivity contribution is -0.143. The molecule has 0 bridgehead atoms. The molecule has 0 unspecified atom stereocenters. The van der Waals surface area contributed by atoms with Crippen LogP contribution < -0.4 is 5.56 Å². The number of ether oxygens (including phenoxy) is 1. The molecule has 2 aromatic rings. The summed E-state index contributed by atoms with van der Waals surface area (Å²) in [6, 6.07) is 0.0118. The molecule has 152 valence electrons. The predicted octanol–water partition coefficient (Wildman–Crippen LogP) is 2.90. The molecule has 0 fully saturated rings. The maximum absolute atomic E-state index is 12.8. The van der Waals surface area contributed by atoms with Crippen molar-refractivity contribution in [3.8, 4) is 0 Å². The summed E-state index contributed by atoms with van der Waals surface area (Å²) in [4.78, 5) is 45.4. The number of esters is 1. The second kappa shape index (κ2) is 7.66. The fourth-order valence-corrected chi connectivity index (χ4v) is 4.92. The van der Waals surface area contributed by atoms with Crippen molar-refractivity contribution in [3.05, 3.63) is 26.6 Å². The summed E-state index contributed by atoms with van der Waals surface area (Å²) >= 11 is 1.16. The molecular formula is C20H27N3O4S. The van der Waals surface area contributed by atoms with Crippen molar-refractivity contribution in [2.45, 2.75) is 79.1 Å². The van der Waals surface area contributed by atoms with Gasteiger partial charge in [-0.1, -0.05) is 0 Å². The Kier molecular flexibility index (Phi) is 5.61. The highest BCUT2D eigenvalue weighted by atomic mass is 32.1. The number of aromatic nitrogens is 2. The quantitative estimate of drug-likeness (QED) is 0.715. The number of rotatable bonds is 5. The average molecular weight is 406 g/mol. The van der Waals surface area contributed by atoms with E-state index >= 15 is 0 Å². The van der Waals surface area contributed by atoms with Crippen LogP contribution in [0, 0.1) is 6.92 Å². The van der Waals surface area contributed by atoms with E-state index in [1.807, 2.05) is 27.7 Å². The van der Waals surface area contributed by atoms with E-state index in [4.69, 9.17) is 4.74 Å². The molecule has 0 radical (unpaired) electrons. The first-order valence-electron chi connectivity index (χ1n) is 9.69. The zero-order valence-electron chi connectivity index (χ0n) is 17.2. The minimum Gasteiger partial charge on any atom is -0.448 e. The number of carbonyl (C=O) groups excluding carboxylic acids is 2. The summed E-state index contributed by atoms with van der Waals surface area (Å²) in [5.74, 6) is -0.0422. The van der Waals surface area contributed by atoms with E-state index in [9.17, 15) is 14.4 Å². The Balaban J connectivity index is 1.88. The molecule has 0 spiro atoms. The van der Waals surface area contributed by atoms with Gasteiger partial charge in [0.1, 0.15) is 15.5 Å². The van der Waals surface area contributed by atoms with Gasteiger partial charge in [-0.3, -0.25) is 14.2 Å². The van der Waals surface area contributed by atoms with Crippen molar-refractivity contribution < 1.29 is 14.3 Å². The van der Waals surface area contributed by atoms with E-state index in [0.29, 0.717) is 27.2 Å². The standard InChI is InChI=1S/C20H27N3O4S/c1-10(2)23(11(3)4)18(24)13(6)27-20(26)16-12(5)15-17(28-16)21-14-8-7-9-22(14)19(15)25/h10-11,13H,7-9H2,1-6H3/t13-/m0/s1. The molecule has 7 nitrogen and oxygen atoms in total. The molecule has 3 heterocycles. The Morgan fingerprint density at radius 2 is 1.82 bits per heavy atom. The van der Waals surface area contributed by atoms with Crippen molar-refractivity contribution in [2.24, 2.45) is 0 Å². The number of hydrogen-bond acceptors (Lipinski definition) is 6. The van der Waals surface area contributed by atoms with Crippen molar-refractivity contribution >= 4 is 33.4 Å². The van der Waals surface area contributed by atoms with Gasteiger partial charge in [-0.25, -0.2) is 9.78 Å². The van der Waals surface area contributed by atoms with Crippen LogP contribution in [0.1, 0.15) is 62.1 Å². The first-order valence-corrected chi connectivity index (χ1v) is 10.5. The highest BCUT2D eigenvalue weighted by molar-refractivity contribution is 7.20. The Labute approximate surface area is 168 Å². The van der Waals surface area contributed by atoms with E-state index in [-0.39, 0.29) is 23.6 Å². The number of nitrogens with zero attached hydrogens (tertiary/aromatic N) is 3. The van der Waals surface area contributed by atoms with Crippen molar-refractivity contribution in [3.63, 3.8) is 0 Å². The van der Waals surface area contributed by atoms with Crippen LogP contribution in [-0.4, -0.2) is 44.5 Å². The third-order valence-electron chi connectivity index (χ3n) is 5.10. The van der Waals surface area contributed by atoms with Gasteiger partial charge < -0.3 is 9.64 Å². The van der Waals surface area contributed by atoms with Crippen molar-refractivity contribution in [1.82, 2.24) is 14.5 Å². The monoisotopic (exact) mass is 405 g/mol. The van der Waals surface area contributed by atoms with Crippen LogP contribution in [0.5, 0.6) is 0 Å². The van der Waals surface area contributed by atoms with E-state index in [1.165, 1.54) is 0 Å². The van der Waals surface area contributed by atoms with Gasteiger partial charge in [0.25, 0.3) is 11.5 Å². The van der Waals surface area contributed by atoms with E-state index in [1.54, 1.807) is 23.3 Å². The highest BCUT2D eigenvalue weighted by Crippen LogP contribution is 2.29. The van der Waals surface area contributed by atoms with Crippen LogP contribution in [0.2, 0.25) is 0 Å². The first-order chi connectivity index (χ1) is 13.1. The Hall–Kier alpha value is -2.22. The van der Waals surface area contributed by atoms with Gasteiger partial charge in [0.15, 0.2) is 6.10 Å². The maximum atomic E-state index is 12.8. The number of hydrogen-bond donors (Lipinski definition) is 0. The SMILES string of the molecule is Cc1c(C(=O)O[C@@H](C)C(=O)N(C(C)C)C(C)C)sc2nc3n(c(=O)c12)CCC3. The topological polar surface area (TPSA) is 81.5 Å². The zero-order valence-corrected chi connectivity index (χ0v) is 18.1. The summed E-state index contributed by atoms with van der Waals surface area (Å²) in [5.41, 5.74) is 0.481. The van der Waals surface area contributed by atoms with Gasteiger partial charge >= 0.3 is 5.97 Å². The predicted molar refractivity (Wildman–Crippen MR) is 109 cm³/mol. The van der Waals surface area contributed by atoms with E-state index in [0.717, 1.165) is 30.0 Å². The molecule has 0 N–H and O–H groups in total. The summed E-state index contributed by atoms with van der Waals surface area (Å²) in [7, 11) is 0. The normalized spacial score (nSPS) is 14.6. The third-order valence-corrected chi connectivity index (χ3v) is 6.26. The lowest BCUT2D eigenvalue weighted by Crippen LogP contribution is -2.47. The van der Waals surface area contributed by atoms with Gasteiger partial charge in [0.05, 0.1) is 5.39 Å². The molecule has 0 aliphatic carbocycles. The van der Waals surface area contributed by atoms with Crippen LogP contribution in [-0.2, 0) is 22.5 Å². The molecule has 1 amide bonds. The van der Waals surface area contributed by atoms with Crippen LogP contribution in [0.15, 0.2) is 4.79 Å². The van der Waals surface area contributed by atoms with Gasteiger partial charge in [-0.15, -0.1) is 11.3 Å². The molecule has 0 saturated carbocycles. The molecule has 1 atom stereocenters. The second-order valence-corrected chi connectivity index (χ2v) is 8.80. The second-order valence-electron chi connectivity index (χ2n) is 7.81. The summed E-state index contributed by atoms with van der Waals surface area (Å²) < 4.78 is 7.16. The lowest BCUT2D eigenvalue weighted by atomic mass is 10.2. The van der Waals surface area contributed by atoms with Crippen molar-refractivity contribution in [2.75, 3.05) is 0 Å².